The molecule has 0 aliphatic carbocycles. The van der Waals surface area contributed by atoms with E-state index < -0.39 is 0 Å². The van der Waals surface area contributed by atoms with Crippen molar-refractivity contribution >= 4 is 29.1 Å². The van der Waals surface area contributed by atoms with Gasteiger partial charge in [-0.1, -0.05) is 20.3 Å². The minimum Gasteiger partial charge on any atom is -0.363 e. The summed E-state index contributed by atoms with van der Waals surface area (Å²) in [5.74, 6) is 1.22. The van der Waals surface area contributed by atoms with Gasteiger partial charge in [-0.15, -0.1) is 0 Å². The number of hydrogen-bond donors (Lipinski definition) is 1. The fraction of sp³-hybridized carbons (Fsp3) is 0.909. The van der Waals surface area contributed by atoms with E-state index in [1.807, 2.05) is 0 Å². The molecule has 4 heteroatoms. The number of unbranched alkanes of at least 4 members (excludes halogenated alkanes) is 1. The monoisotopic (exact) mass is 246 g/mol. The van der Waals surface area contributed by atoms with Crippen molar-refractivity contribution in [1.82, 2.24) is 10.2 Å². The van der Waals surface area contributed by atoms with Crippen molar-refractivity contribution in [2.75, 3.05) is 25.4 Å². The number of nitrogens with zero attached hydrogens (tertiary/aromatic N) is 1. The summed E-state index contributed by atoms with van der Waals surface area (Å²) in [4.78, 5) is 2.33. The Kier molecular flexibility index (Phi) is 6.41. The Morgan fingerprint density at radius 3 is 3.00 bits per heavy atom. The van der Waals surface area contributed by atoms with Crippen molar-refractivity contribution in [3.8, 4) is 0 Å². The molecule has 1 aliphatic rings. The van der Waals surface area contributed by atoms with Crippen LogP contribution in [0.4, 0.5) is 0 Å². The molecule has 1 rings (SSSR count). The Morgan fingerprint density at radius 1 is 1.53 bits per heavy atom. The number of thiocarbonyl (C=S) groups is 1. The third kappa shape index (κ3) is 4.60. The molecule has 1 saturated heterocycles. The predicted molar refractivity (Wildman–Crippen MR) is 73.6 cm³/mol. The minimum atomic E-state index is 0.768. The molecule has 1 heterocycles. The van der Waals surface area contributed by atoms with E-state index in [0.717, 1.165) is 30.0 Å². The first-order valence-electron chi connectivity index (χ1n) is 5.92. The molecule has 0 amide bonds. The van der Waals surface area contributed by atoms with Crippen LogP contribution in [-0.4, -0.2) is 40.6 Å². The summed E-state index contributed by atoms with van der Waals surface area (Å²) in [6.45, 7) is 7.72. The van der Waals surface area contributed by atoms with E-state index in [1.54, 1.807) is 0 Å². The standard InChI is InChI=1S/C11H22N2S2/c1-3-5-6-12-11(14)13-7-8-15-10(4-2)9-13/h10H,3-9H2,1-2H3,(H,12,14). The largest absolute Gasteiger partial charge is 0.363 e. The molecule has 1 unspecified atom stereocenters. The fourth-order valence-corrected chi connectivity index (χ4v) is 3.08. The van der Waals surface area contributed by atoms with Crippen LogP contribution in [0.25, 0.3) is 0 Å². The molecule has 0 aromatic heterocycles. The van der Waals surface area contributed by atoms with E-state index in [0.29, 0.717) is 0 Å². The summed E-state index contributed by atoms with van der Waals surface area (Å²) in [5.41, 5.74) is 0. The highest BCUT2D eigenvalue weighted by atomic mass is 32.2. The van der Waals surface area contributed by atoms with Gasteiger partial charge in [0, 0.05) is 30.6 Å². The van der Waals surface area contributed by atoms with Crippen molar-refractivity contribution in [2.45, 2.75) is 38.4 Å². The molecule has 0 aromatic carbocycles. The van der Waals surface area contributed by atoms with Crippen molar-refractivity contribution in [2.24, 2.45) is 0 Å². The molecule has 0 spiro atoms. The molecule has 1 N–H and O–H groups in total. The zero-order valence-electron chi connectivity index (χ0n) is 9.79. The zero-order chi connectivity index (χ0) is 11.1. The molecule has 1 fully saturated rings. The van der Waals surface area contributed by atoms with Gasteiger partial charge in [-0.25, -0.2) is 0 Å². The molecule has 2 nitrogen and oxygen atoms in total. The second-order valence-electron chi connectivity index (χ2n) is 3.93. The van der Waals surface area contributed by atoms with E-state index in [4.69, 9.17) is 12.2 Å². The third-order valence-electron chi connectivity index (χ3n) is 2.69. The highest BCUT2D eigenvalue weighted by molar-refractivity contribution is 8.00. The fourth-order valence-electron chi connectivity index (χ4n) is 1.63. The normalized spacial score (nSPS) is 21.5. The third-order valence-corrected chi connectivity index (χ3v) is 4.46. The Labute approximate surface area is 103 Å². The van der Waals surface area contributed by atoms with Crippen molar-refractivity contribution < 1.29 is 0 Å². The summed E-state index contributed by atoms with van der Waals surface area (Å²) in [5, 5.41) is 5.07. The average molecular weight is 246 g/mol. The van der Waals surface area contributed by atoms with E-state index in [1.165, 1.54) is 25.0 Å². The van der Waals surface area contributed by atoms with Crippen LogP contribution in [-0.2, 0) is 0 Å². The maximum atomic E-state index is 5.39. The van der Waals surface area contributed by atoms with Gasteiger partial charge in [-0.05, 0) is 25.1 Å². The van der Waals surface area contributed by atoms with Gasteiger partial charge in [0.15, 0.2) is 5.11 Å². The molecular formula is C11H22N2S2. The van der Waals surface area contributed by atoms with Crippen LogP contribution in [0.3, 0.4) is 0 Å². The van der Waals surface area contributed by atoms with Crippen LogP contribution in [0, 0.1) is 0 Å². The van der Waals surface area contributed by atoms with Gasteiger partial charge in [0.25, 0.3) is 0 Å². The number of hydrogen-bond acceptors (Lipinski definition) is 2. The quantitative estimate of drug-likeness (QED) is 0.605. The molecule has 0 aromatic rings. The summed E-state index contributed by atoms with van der Waals surface area (Å²) in [6.07, 6.45) is 3.68. The second kappa shape index (κ2) is 7.34. The van der Waals surface area contributed by atoms with Crippen LogP contribution in [0.5, 0.6) is 0 Å². The highest BCUT2D eigenvalue weighted by Crippen LogP contribution is 2.20. The van der Waals surface area contributed by atoms with E-state index in [-0.39, 0.29) is 0 Å². The molecule has 88 valence electrons. The van der Waals surface area contributed by atoms with Crippen LogP contribution >= 0.6 is 24.0 Å². The lowest BCUT2D eigenvalue weighted by atomic mass is 10.3. The zero-order valence-corrected chi connectivity index (χ0v) is 11.4. The molecule has 0 saturated carbocycles. The summed E-state index contributed by atoms with van der Waals surface area (Å²) in [7, 11) is 0. The Morgan fingerprint density at radius 2 is 2.33 bits per heavy atom. The summed E-state index contributed by atoms with van der Waals surface area (Å²) in [6, 6.07) is 0. The highest BCUT2D eigenvalue weighted by Gasteiger charge is 2.20. The van der Waals surface area contributed by atoms with Gasteiger partial charge in [-0.2, -0.15) is 11.8 Å². The predicted octanol–water partition coefficient (Wildman–Crippen LogP) is 2.49. The maximum absolute atomic E-state index is 5.39. The van der Waals surface area contributed by atoms with Crippen molar-refractivity contribution in [3.05, 3.63) is 0 Å². The van der Waals surface area contributed by atoms with Crippen LogP contribution in [0.1, 0.15) is 33.1 Å². The average Bonchev–Trinajstić information content (AvgIpc) is 2.29. The lowest BCUT2D eigenvalue weighted by Gasteiger charge is -2.33. The van der Waals surface area contributed by atoms with Crippen LogP contribution in [0.15, 0.2) is 0 Å². The van der Waals surface area contributed by atoms with Gasteiger partial charge in [0.2, 0.25) is 0 Å². The first-order valence-corrected chi connectivity index (χ1v) is 7.38. The number of nitrogens with one attached hydrogen (secondary N) is 1. The minimum absolute atomic E-state index is 0.768. The Balaban J connectivity index is 2.25. The molecule has 15 heavy (non-hydrogen) atoms. The number of thioether (sulfide) groups is 1. The maximum Gasteiger partial charge on any atom is 0.168 e. The van der Waals surface area contributed by atoms with Gasteiger partial charge in [0.05, 0.1) is 0 Å². The van der Waals surface area contributed by atoms with Gasteiger partial charge in [-0.3, -0.25) is 0 Å². The SMILES string of the molecule is CCCCNC(=S)N1CCSC(CC)C1. The van der Waals surface area contributed by atoms with Crippen LogP contribution < -0.4 is 5.32 Å². The van der Waals surface area contributed by atoms with E-state index in [2.05, 4.69) is 35.8 Å². The molecule has 1 atom stereocenters. The molecular weight excluding hydrogens is 224 g/mol. The molecule has 1 aliphatic heterocycles. The molecule has 0 radical (unpaired) electrons. The van der Waals surface area contributed by atoms with Gasteiger partial charge < -0.3 is 10.2 Å². The van der Waals surface area contributed by atoms with Crippen LogP contribution in [0.2, 0.25) is 0 Å². The van der Waals surface area contributed by atoms with E-state index >= 15 is 0 Å². The van der Waals surface area contributed by atoms with Gasteiger partial charge in [0.1, 0.15) is 0 Å². The van der Waals surface area contributed by atoms with Crippen molar-refractivity contribution in [3.63, 3.8) is 0 Å². The first-order chi connectivity index (χ1) is 7.27. The number of rotatable bonds is 4. The second-order valence-corrected chi connectivity index (χ2v) is 5.73. The lowest BCUT2D eigenvalue weighted by Crippen LogP contribution is -2.46. The topological polar surface area (TPSA) is 15.3 Å². The smallest absolute Gasteiger partial charge is 0.168 e. The Bertz CT molecular complexity index is 197. The van der Waals surface area contributed by atoms with E-state index in [9.17, 15) is 0 Å². The lowest BCUT2D eigenvalue weighted by molar-refractivity contribution is 0.417. The Hall–Kier alpha value is 0.0400. The van der Waals surface area contributed by atoms with Gasteiger partial charge >= 0.3 is 0 Å². The summed E-state index contributed by atoms with van der Waals surface area (Å²) >= 11 is 7.48. The summed E-state index contributed by atoms with van der Waals surface area (Å²) < 4.78 is 0. The molecule has 0 bridgehead atoms. The first kappa shape index (κ1) is 13.1. The van der Waals surface area contributed by atoms with Crippen molar-refractivity contribution in [1.29, 1.82) is 0 Å².